The van der Waals surface area contributed by atoms with Gasteiger partial charge in [-0.05, 0) is 25.7 Å². The summed E-state index contributed by atoms with van der Waals surface area (Å²) in [4.78, 5) is 49.9. The standard InChI is InChI=1S/C21H26N2O9/c1-30-13-8-14(31-11-18(24)22-6-2-4-16(22)20(26)27)10-15(9-13)32-12-19(25)23-7-3-5-17(23)21(28)29/h8-10,16-17H,2-7,11-12H2,1H3,(H,26,27)(H,28,29). The van der Waals surface area contributed by atoms with Crippen LogP contribution >= 0.6 is 0 Å². The Bertz CT molecular complexity index is 822. The van der Waals surface area contributed by atoms with Crippen molar-refractivity contribution in [3.8, 4) is 17.2 Å². The molecular formula is C21H26N2O9. The minimum atomic E-state index is -1.04. The molecule has 0 aliphatic carbocycles. The average molecular weight is 450 g/mol. The molecule has 2 fully saturated rings. The summed E-state index contributed by atoms with van der Waals surface area (Å²) in [6, 6.07) is 2.84. The van der Waals surface area contributed by atoms with Crippen LogP contribution in [0.5, 0.6) is 17.2 Å². The normalized spacial score (nSPS) is 20.2. The second-order valence-corrected chi connectivity index (χ2v) is 7.59. The highest BCUT2D eigenvalue weighted by molar-refractivity contribution is 5.85. The summed E-state index contributed by atoms with van der Waals surface area (Å²) in [7, 11) is 1.43. The number of ether oxygens (including phenoxy) is 3. The molecule has 2 atom stereocenters. The van der Waals surface area contributed by atoms with E-state index < -0.39 is 35.8 Å². The van der Waals surface area contributed by atoms with Gasteiger partial charge >= 0.3 is 11.9 Å². The summed E-state index contributed by atoms with van der Waals surface area (Å²) in [5.74, 6) is -2.10. The van der Waals surface area contributed by atoms with E-state index in [-0.39, 0.29) is 24.7 Å². The molecule has 32 heavy (non-hydrogen) atoms. The van der Waals surface area contributed by atoms with Crippen molar-refractivity contribution in [3.05, 3.63) is 18.2 Å². The fraction of sp³-hybridized carbons (Fsp3) is 0.524. The lowest BCUT2D eigenvalue weighted by Gasteiger charge is -2.22. The molecule has 0 saturated carbocycles. The highest BCUT2D eigenvalue weighted by Gasteiger charge is 2.35. The molecular weight excluding hydrogens is 424 g/mol. The third-order valence-corrected chi connectivity index (χ3v) is 5.53. The maximum Gasteiger partial charge on any atom is 0.326 e. The van der Waals surface area contributed by atoms with Gasteiger partial charge in [-0.15, -0.1) is 0 Å². The molecule has 2 amide bonds. The number of rotatable bonds is 9. The second-order valence-electron chi connectivity index (χ2n) is 7.59. The first kappa shape index (κ1) is 23.2. The summed E-state index contributed by atoms with van der Waals surface area (Å²) in [6.07, 6.45) is 2.05. The van der Waals surface area contributed by atoms with E-state index in [9.17, 15) is 29.4 Å². The number of methoxy groups -OCH3 is 1. The van der Waals surface area contributed by atoms with E-state index in [0.29, 0.717) is 44.5 Å². The molecule has 2 unspecified atom stereocenters. The summed E-state index contributed by atoms with van der Waals surface area (Å²) >= 11 is 0. The minimum Gasteiger partial charge on any atom is -0.496 e. The van der Waals surface area contributed by atoms with E-state index in [2.05, 4.69) is 0 Å². The lowest BCUT2D eigenvalue weighted by atomic mass is 10.2. The van der Waals surface area contributed by atoms with Crippen LogP contribution in [-0.2, 0) is 19.2 Å². The van der Waals surface area contributed by atoms with Crippen molar-refractivity contribution < 1.29 is 43.6 Å². The Labute approximate surface area is 184 Å². The number of carbonyl (C=O) groups excluding carboxylic acids is 2. The van der Waals surface area contributed by atoms with Crippen LogP contribution in [0.25, 0.3) is 0 Å². The van der Waals surface area contributed by atoms with Crippen molar-refractivity contribution in [2.24, 2.45) is 0 Å². The number of benzene rings is 1. The molecule has 3 rings (SSSR count). The van der Waals surface area contributed by atoms with Crippen molar-refractivity contribution in [2.45, 2.75) is 37.8 Å². The molecule has 0 aromatic heterocycles. The number of hydrogen-bond acceptors (Lipinski definition) is 7. The Kier molecular flexibility index (Phi) is 7.39. The van der Waals surface area contributed by atoms with Gasteiger partial charge in [0.25, 0.3) is 11.8 Å². The Hall–Kier alpha value is -3.50. The molecule has 0 radical (unpaired) electrons. The monoisotopic (exact) mass is 450 g/mol. The van der Waals surface area contributed by atoms with Crippen LogP contribution in [0.1, 0.15) is 25.7 Å². The van der Waals surface area contributed by atoms with Crippen LogP contribution in [0.2, 0.25) is 0 Å². The smallest absolute Gasteiger partial charge is 0.326 e. The van der Waals surface area contributed by atoms with Gasteiger partial charge in [0.15, 0.2) is 13.2 Å². The zero-order valence-corrected chi connectivity index (χ0v) is 17.7. The SMILES string of the molecule is COc1cc(OCC(=O)N2CCCC2C(=O)O)cc(OCC(=O)N2CCCC2C(=O)O)c1. The summed E-state index contributed by atoms with van der Waals surface area (Å²) in [5.41, 5.74) is 0. The topological polar surface area (TPSA) is 143 Å². The molecule has 11 nitrogen and oxygen atoms in total. The van der Waals surface area contributed by atoms with Crippen LogP contribution in [0.3, 0.4) is 0 Å². The van der Waals surface area contributed by atoms with E-state index >= 15 is 0 Å². The second kappa shape index (κ2) is 10.2. The Morgan fingerprint density at radius 3 is 1.59 bits per heavy atom. The highest BCUT2D eigenvalue weighted by atomic mass is 16.5. The average Bonchev–Trinajstić information content (AvgIpc) is 3.45. The molecule has 174 valence electrons. The Morgan fingerprint density at radius 2 is 1.22 bits per heavy atom. The Balaban J connectivity index is 1.60. The van der Waals surface area contributed by atoms with Crippen LogP contribution < -0.4 is 14.2 Å². The molecule has 2 N–H and O–H groups in total. The van der Waals surface area contributed by atoms with E-state index in [4.69, 9.17) is 14.2 Å². The van der Waals surface area contributed by atoms with Crippen LogP contribution in [0, 0.1) is 0 Å². The van der Waals surface area contributed by atoms with Crippen molar-refractivity contribution in [1.82, 2.24) is 9.80 Å². The number of hydrogen-bond donors (Lipinski definition) is 2. The lowest BCUT2D eigenvalue weighted by molar-refractivity contribution is -0.149. The molecule has 2 aliphatic heterocycles. The number of aliphatic carboxylic acids is 2. The number of likely N-dealkylation sites (tertiary alicyclic amines) is 2. The summed E-state index contributed by atoms with van der Waals surface area (Å²) in [6.45, 7) is 0.00986. The molecule has 11 heteroatoms. The number of carboxylic acid groups (broad SMARTS) is 2. The predicted molar refractivity (Wildman–Crippen MR) is 109 cm³/mol. The van der Waals surface area contributed by atoms with E-state index in [1.165, 1.54) is 35.1 Å². The maximum absolute atomic E-state index is 12.4. The van der Waals surface area contributed by atoms with Gasteiger partial charge in [-0.1, -0.05) is 0 Å². The third-order valence-electron chi connectivity index (χ3n) is 5.53. The fourth-order valence-electron chi connectivity index (χ4n) is 3.93. The van der Waals surface area contributed by atoms with Gasteiger partial charge in [-0.25, -0.2) is 9.59 Å². The van der Waals surface area contributed by atoms with Crippen LogP contribution in [0.4, 0.5) is 0 Å². The summed E-state index contributed by atoms with van der Waals surface area (Å²) in [5, 5.41) is 18.4. The van der Waals surface area contributed by atoms with Crippen molar-refractivity contribution in [2.75, 3.05) is 33.4 Å². The van der Waals surface area contributed by atoms with Gasteiger partial charge in [0, 0.05) is 31.3 Å². The number of carboxylic acids is 2. The van der Waals surface area contributed by atoms with E-state index in [1.807, 2.05) is 0 Å². The van der Waals surface area contributed by atoms with Crippen LogP contribution in [0.15, 0.2) is 18.2 Å². The van der Waals surface area contributed by atoms with Crippen molar-refractivity contribution >= 4 is 23.8 Å². The zero-order valence-electron chi connectivity index (χ0n) is 17.7. The Morgan fingerprint density at radius 1 is 0.812 bits per heavy atom. The van der Waals surface area contributed by atoms with Gasteiger partial charge in [-0.3, -0.25) is 9.59 Å². The largest absolute Gasteiger partial charge is 0.496 e. The molecule has 1 aromatic rings. The van der Waals surface area contributed by atoms with E-state index in [1.54, 1.807) is 0 Å². The quantitative estimate of drug-likeness (QED) is 0.553. The molecule has 2 heterocycles. The lowest BCUT2D eigenvalue weighted by Crippen LogP contribution is -2.42. The van der Waals surface area contributed by atoms with Gasteiger partial charge in [0.05, 0.1) is 7.11 Å². The van der Waals surface area contributed by atoms with Gasteiger partial charge in [-0.2, -0.15) is 0 Å². The molecule has 0 bridgehead atoms. The first-order valence-corrected chi connectivity index (χ1v) is 10.3. The first-order valence-electron chi connectivity index (χ1n) is 10.3. The minimum absolute atomic E-state index is 0.246. The maximum atomic E-state index is 12.4. The number of carbonyl (C=O) groups is 4. The van der Waals surface area contributed by atoms with Crippen molar-refractivity contribution in [3.63, 3.8) is 0 Å². The van der Waals surface area contributed by atoms with E-state index in [0.717, 1.165) is 0 Å². The highest BCUT2D eigenvalue weighted by Crippen LogP contribution is 2.28. The molecule has 2 saturated heterocycles. The number of amides is 2. The van der Waals surface area contributed by atoms with Gasteiger partial charge in [0.2, 0.25) is 0 Å². The molecule has 0 spiro atoms. The van der Waals surface area contributed by atoms with Crippen LogP contribution in [-0.4, -0.2) is 89.3 Å². The number of nitrogens with zero attached hydrogens (tertiary/aromatic N) is 2. The summed E-state index contributed by atoms with van der Waals surface area (Å²) < 4.78 is 16.3. The zero-order chi connectivity index (χ0) is 23.3. The third kappa shape index (κ3) is 5.40. The molecule has 1 aromatic carbocycles. The fourth-order valence-corrected chi connectivity index (χ4v) is 3.93. The van der Waals surface area contributed by atoms with Gasteiger partial charge < -0.3 is 34.2 Å². The molecule has 2 aliphatic rings. The van der Waals surface area contributed by atoms with Gasteiger partial charge in [0.1, 0.15) is 29.3 Å². The first-order chi connectivity index (χ1) is 15.3. The predicted octanol–water partition coefficient (Wildman–Crippen LogP) is 0.604. The van der Waals surface area contributed by atoms with Crippen molar-refractivity contribution in [1.29, 1.82) is 0 Å².